The number of ether oxygens (including phenoxy) is 1. The molecule has 1 aliphatic heterocycles. The van der Waals surface area contributed by atoms with E-state index in [1.165, 1.54) is 0 Å². The van der Waals surface area contributed by atoms with Gasteiger partial charge in [0.25, 0.3) is 0 Å². The quantitative estimate of drug-likeness (QED) is 0.680. The fourth-order valence-electron chi connectivity index (χ4n) is 1.94. The second-order valence-corrected chi connectivity index (χ2v) is 6.54. The summed E-state index contributed by atoms with van der Waals surface area (Å²) < 4.78 is 17.3. The number of pyridine rings is 1. The molecule has 2 rings (SSSR count). The highest BCUT2D eigenvalue weighted by Crippen LogP contribution is 2.36. The van der Waals surface area contributed by atoms with Gasteiger partial charge in [-0.2, -0.15) is 4.98 Å². The first-order valence-corrected chi connectivity index (χ1v) is 8.13. The Labute approximate surface area is 122 Å². The Balaban J connectivity index is 2.31. The summed E-state index contributed by atoms with van der Waals surface area (Å²) in [7, 11) is 1.77. The van der Waals surface area contributed by atoms with Gasteiger partial charge in [0.05, 0.1) is 18.3 Å². The van der Waals surface area contributed by atoms with Crippen molar-refractivity contribution in [3.63, 3.8) is 0 Å². The molecule has 1 aromatic heterocycles. The molecular weight excluding hydrogens is 274 g/mol. The van der Waals surface area contributed by atoms with E-state index in [0.29, 0.717) is 14.6 Å². The minimum atomic E-state index is -0.405. The summed E-state index contributed by atoms with van der Waals surface area (Å²) in [6.07, 6.45) is 0. The predicted molar refractivity (Wildman–Crippen MR) is 84.4 cm³/mol. The van der Waals surface area contributed by atoms with Crippen LogP contribution in [0, 0.1) is 0 Å². The summed E-state index contributed by atoms with van der Waals surface area (Å²) in [6.45, 7) is 10.2. The van der Waals surface area contributed by atoms with Crippen molar-refractivity contribution in [1.29, 1.82) is 0 Å². The van der Waals surface area contributed by atoms with Crippen molar-refractivity contribution < 1.29 is 14.0 Å². The lowest BCUT2D eigenvalue weighted by atomic mass is 9.79. The summed E-state index contributed by atoms with van der Waals surface area (Å²) in [5.74, 6) is 1.33. The van der Waals surface area contributed by atoms with Gasteiger partial charge in [0.15, 0.2) is 0 Å². The van der Waals surface area contributed by atoms with Crippen LogP contribution in [0.1, 0.15) is 27.7 Å². The van der Waals surface area contributed by atoms with E-state index in [-0.39, 0.29) is 11.2 Å². The van der Waals surface area contributed by atoms with Crippen LogP contribution in [0.5, 0.6) is 5.88 Å². The lowest BCUT2D eigenvalue weighted by molar-refractivity contribution is 0.00578. The van der Waals surface area contributed by atoms with E-state index < -0.39 is 7.12 Å². The van der Waals surface area contributed by atoms with Gasteiger partial charge < -0.3 is 19.1 Å². The lowest BCUT2D eigenvalue weighted by Gasteiger charge is -2.32. The van der Waals surface area contributed by atoms with Gasteiger partial charge in [0, 0.05) is 6.07 Å². The molecule has 5 nitrogen and oxygen atoms in total. The minimum Gasteiger partial charge on any atom is -0.481 e. The fourth-order valence-corrected chi connectivity index (χ4v) is 2.32. The standard InChI is InChI=1S/C13H22BN2O3P/c1-12(2)13(3,4)19-14(18-12)9-7-10(16-20-6)15-11(8-9)17-5/h7-8,20H,1-6H3,(H,15,16). The maximum Gasteiger partial charge on any atom is 0.495 e. The molecule has 0 saturated carbocycles. The Morgan fingerprint density at radius 1 is 1.20 bits per heavy atom. The first-order chi connectivity index (χ1) is 9.29. The van der Waals surface area contributed by atoms with Crippen LogP contribution >= 0.6 is 8.73 Å². The van der Waals surface area contributed by atoms with E-state index >= 15 is 0 Å². The number of aromatic nitrogens is 1. The van der Waals surface area contributed by atoms with Crippen molar-refractivity contribution in [2.45, 2.75) is 38.9 Å². The maximum atomic E-state index is 6.05. The van der Waals surface area contributed by atoms with Crippen molar-refractivity contribution in [3.05, 3.63) is 12.1 Å². The predicted octanol–water partition coefficient (Wildman–Crippen LogP) is 2.02. The second kappa shape index (κ2) is 5.51. The summed E-state index contributed by atoms with van der Waals surface area (Å²) in [6, 6.07) is 3.80. The summed E-state index contributed by atoms with van der Waals surface area (Å²) in [4.78, 5) is 4.35. The zero-order chi connectivity index (χ0) is 15.0. The van der Waals surface area contributed by atoms with Crippen molar-refractivity contribution in [1.82, 2.24) is 4.98 Å². The van der Waals surface area contributed by atoms with Gasteiger partial charge in [0.2, 0.25) is 5.88 Å². The Kier molecular flexibility index (Phi) is 4.28. The van der Waals surface area contributed by atoms with Gasteiger partial charge >= 0.3 is 7.12 Å². The maximum absolute atomic E-state index is 6.05. The zero-order valence-corrected chi connectivity index (χ0v) is 13.9. The Morgan fingerprint density at radius 3 is 2.30 bits per heavy atom. The molecule has 0 radical (unpaired) electrons. The van der Waals surface area contributed by atoms with Crippen LogP contribution in [0.25, 0.3) is 0 Å². The van der Waals surface area contributed by atoms with Crippen LogP contribution in [0.4, 0.5) is 5.82 Å². The lowest BCUT2D eigenvalue weighted by Crippen LogP contribution is -2.41. The van der Waals surface area contributed by atoms with Crippen molar-refractivity contribution >= 4 is 27.1 Å². The number of hydrogen-bond donors (Lipinski definition) is 1. The average Bonchev–Trinajstić information content (AvgIpc) is 2.58. The Bertz CT molecular complexity index is 481. The monoisotopic (exact) mass is 296 g/mol. The van der Waals surface area contributed by atoms with Gasteiger partial charge in [0.1, 0.15) is 5.82 Å². The number of methoxy groups -OCH3 is 1. The number of rotatable bonds is 4. The molecule has 0 amide bonds. The topological polar surface area (TPSA) is 52.6 Å². The second-order valence-electron chi connectivity index (χ2n) is 5.79. The Hall–Kier alpha value is -0.835. The molecule has 1 fully saturated rings. The highest BCUT2D eigenvalue weighted by molar-refractivity contribution is 7.38. The van der Waals surface area contributed by atoms with E-state index in [2.05, 4.69) is 16.7 Å². The van der Waals surface area contributed by atoms with Gasteiger partial charge in [-0.15, -0.1) is 0 Å². The van der Waals surface area contributed by atoms with Crippen LogP contribution in [-0.4, -0.2) is 37.1 Å². The van der Waals surface area contributed by atoms with Gasteiger partial charge in [-0.25, -0.2) is 0 Å². The molecular formula is C13H22BN2O3P. The highest BCUT2D eigenvalue weighted by Gasteiger charge is 2.51. The minimum absolute atomic E-state index is 0.353. The SMILES string of the molecule is COc1cc(B2OC(C)(C)C(C)(C)O2)cc(NPC)n1. The zero-order valence-electron chi connectivity index (χ0n) is 12.9. The molecule has 1 atom stereocenters. The van der Waals surface area contributed by atoms with E-state index in [9.17, 15) is 0 Å². The molecule has 1 saturated heterocycles. The van der Waals surface area contributed by atoms with Crippen LogP contribution in [-0.2, 0) is 9.31 Å². The normalized spacial score (nSPS) is 20.6. The number of nitrogens with one attached hydrogen (secondary N) is 1. The van der Waals surface area contributed by atoms with Gasteiger partial charge in [-0.3, -0.25) is 0 Å². The third kappa shape index (κ3) is 2.92. The van der Waals surface area contributed by atoms with E-state index in [0.717, 1.165) is 11.3 Å². The third-order valence-electron chi connectivity index (χ3n) is 3.81. The van der Waals surface area contributed by atoms with E-state index in [1.54, 1.807) is 7.11 Å². The van der Waals surface area contributed by atoms with Gasteiger partial charge in [-0.05, 0) is 54.6 Å². The molecule has 110 valence electrons. The molecule has 1 aromatic rings. The van der Waals surface area contributed by atoms with E-state index in [4.69, 9.17) is 14.0 Å². The molecule has 20 heavy (non-hydrogen) atoms. The highest BCUT2D eigenvalue weighted by atomic mass is 31.1. The van der Waals surface area contributed by atoms with Crippen LogP contribution < -0.4 is 15.3 Å². The van der Waals surface area contributed by atoms with Crippen molar-refractivity contribution in [2.24, 2.45) is 0 Å². The Morgan fingerprint density at radius 2 is 1.80 bits per heavy atom. The molecule has 2 heterocycles. The van der Waals surface area contributed by atoms with Crippen LogP contribution in [0.2, 0.25) is 0 Å². The van der Waals surface area contributed by atoms with Crippen molar-refractivity contribution in [3.8, 4) is 5.88 Å². The van der Waals surface area contributed by atoms with Crippen LogP contribution in [0.15, 0.2) is 12.1 Å². The molecule has 1 unspecified atom stereocenters. The third-order valence-corrected chi connectivity index (χ3v) is 4.32. The molecule has 0 aromatic carbocycles. The molecule has 0 aliphatic carbocycles. The molecule has 7 heteroatoms. The first-order valence-electron chi connectivity index (χ1n) is 6.63. The summed E-state index contributed by atoms with van der Waals surface area (Å²) >= 11 is 0. The van der Waals surface area contributed by atoms with Gasteiger partial charge in [-0.1, -0.05) is 0 Å². The van der Waals surface area contributed by atoms with E-state index in [1.807, 2.05) is 39.8 Å². The fraction of sp³-hybridized carbons (Fsp3) is 0.615. The average molecular weight is 296 g/mol. The molecule has 0 bridgehead atoms. The largest absolute Gasteiger partial charge is 0.495 e. The molecule has 0 spiro atoms. The summed E-state index contributed by atoms with van der Waals surface area (Å²) in [5.41, 5.74) is 0.207. The molecule has 1 aliphatic rings. The number of hydrogen-bond acceptors (Lipinski definition) is 5. The summed E-state index contributed by atoms with van der Waals surface area (Å²) in [5, 5.41) is 3.21. The van der Waals surface area contributed by atoms with Crippen LogP contribution in [0.3, 0.4) is 0 Å². The number of nitrogens with zero attached hydrogens (tertiary/aromatic N) is 1. The van der Waals surface area contributed by atoms with Crippen molar-refractivity contribution in [2.75, 3.05) is 18.9 Å². The smallest absolute Gasteiger partial charge is 0.481 e. The first kappa shape index (κ1) is 15.6. The molecule has 1 N–H and O–H groups in total. The number of anilines is 1.